The summed E-state index contributed by atoms with van der Waals surface area (Å²) in [5, 5.41) is 11.6. The molecule has 1 aliphatic carbocycles. The van der Waals surface area contributed by atoms with Crippen molar-refractivity contribution in [1.82, 2.24) is 4.57 Å². The number of carbonyl (C=O) groups is 1. The van der Waals surface area contributed by atoms with Gasteiger partial charge in [0.15, 0.2) is 5.78 Å². The molecular weight excluding hydrogens is 462 g/mol. The molecule has 2 N–H and O–H groups in total. The number of nitrogens with two attached hydrogens (primary N) is 1. The van der Waals surface area contributed by atoms with Gasteiger partial charge in [-0.25, -0.2) is 0 Å². The standard InChI is InChI=1S/C28H26ClN3O3/c1-28(2)13-23(33)26-24(14-28)35-27(31)20(15-30)25(26)21-16-32(22-6-4-3-5-19(21)22)11-12-34-18-9-7-17(29)8-10-18/h3-10,16,25H,11-14,31H2,1-2H3. The van der Waals surface area contributed by atoms with Gasteiger partial charge < -0.3 is 19.8 Å². The van der Waals surface area contributed by atoms with Gasteiger partial charge in [0.2, 0.25) is 5.88 Å². The zero-order chi connectivity index (χ0) is 24.7. The zero-order valence-corrected chi connectivity index (χ0v) is 20.4. The van der Waals surface area contributed by atoms with Gasteiger partial charge in [-0.3, -0.25) is 4.79 Å². The van der Waals surface area contributed by atoms with Crippen LogP contribution >= 0.6 is 11.6 Å². The predicted molar refractivity (Wildman–Crippen MR) is 135 cm³/mol. The minimum absolute atomic E-state index is 0.00408. The third-order valence-corrected chi connectivity index (χ3v) is 6.87. The van der Waals surface area contributed by atoms with Crippen molar-refractivity contribution >= 4 is 28.3 Å². The Hall–Kier alpha value is -3.69. The van der Waals surface area contributed by atoms with E-state index in [1.54, 1.807) is 12.1 Å². The molecule has 2 aromatic carbocycles. The van der Waals surface area contributed by atoms with E-state index in [1.807, 2.05) is 56.4 Å². The average Bonchev–Trinajstić information content (AvgIpc) is 3.17. The monoisotopic (exact) mass is 487 g/mol. The molecule has 0 bridgehead atoms. The number of carbonyl (C=O) groups excluding carboxylic acids is 1. The number of hydrogen-bond acceptors (Lipinski definition) is 5. The molecule has 0 saturated carbocycles. The van der Waals surface area contributed by atoms with Crippen LogP contribution in [0.15, 0.2) is 77.5 Å². The van der Waals surface area contributed by atoms with Crippen molar-refractivity contribution in [2.45, 2.75) is 39.2 Å². The van der Waals surface area contributed by atoms with Crippen molar-refractivity contribution in [2.24, 2.45) is 11.1 Å². The van der Waals surface area contributed by atoms with Gasteiger partial charge in [-0.1, -0.05) is 43.6 Å². The van der Waals surface area contributed by atoms with Crippen LogP contribution in [-0.2, 0) is 16.1 Å². The highest BCUT2D eigenvalue weighted by molar-refractivity contribution is 6.30. The van der Waals surface area contributed by atoms with Crippen LogP contribution in [0.5, 0.6) is 5.75 Å². The molecule has 2 heterocycles. The van der Waals surface area contributed by atoms with E-state index < -0.39 is 5.92 Å². The number of para-hydroxylation sites is 1. The molecule has 1 unspecified atom stereocenters. The fraction of sp³-hybridized carbons (Fsp3) is 0.286. The van der Waals surface area contributed by atoms with Crippen LogP contribution in [0, 0.1) is 16.7 Å². The van der Waals surface area contributed by atoms with Crippen molar-refractivity contribution in [3.05, 3.63) is 88.1 Å². The first-order chi connectivity index (χ1) is 16.8. The highest BCUT2D eigenvalue weighted by Gasteiger charge is 2.43. The van der Waals surface area contributed by atoms with Crippen molar-refractivity contribution in [2.75, 3.05) is 6.61 Å². The zero-order valence-electron chi connectivity index (χ0n) is 19.7. The minimum Gasteiger partial charge on any atom is -0.492 e. The number of allylic oxidation sites excluding steroid dienone is 3. The number of benzene rings is 2. The molecule has 7 heteroatoms. The van der Waals surface area contributed by atoms with Crippen molar-refractivity contribution in [3.8, 4) is 11.8 Å². The maximum atomic E-state index is 13.3. The number of Topliss-reactive ketones (excluding diaryl/α,β-unsaturated/α-hetero) is 1. The normalized spacial score (nSPS) is 19.4. The van der Waals surface area contributed by atoms with E-state index in [-0.39, 0.29) is 22.7 Å². The second-order valence-electron chi connectivity index (χ2n) is 9.80. The Morgan fingerprint density at radius 3 is 2.69 bits per heavy atom. The van der Waals surface area contributed by atoms with E-state index in [0.717, 1.165) is 22.2 Å². The molecule has 0 saturated heterocycles. The lowest BCUT2D eigenvalue weighted by molar-refractivity contribution is -0.119. The molecule has 5 rings (SSSR count). The maximum absolute atomic E-state index is 13.3. The summed E-state index contributed by atoms with van der Waals surface area (Å²) in [5.41, 5.74) is 8.69. The van der Waals surface area contributed by atoms with Gasteiger partial charge in [-0.15, -0.1) is 0 Å². The van der Waals surface area contributed by atoms with Crippen LogP contribution in [0.4, 0.5) is 0 Å². The van der Waals surface area contributed by atoms with Gasteiger partial charge >= 0.3 is 0 Å². The number of ether oxygens (including phenoxy) is 2. The molecule has 1 aromatic heterocycles. The number of fused-ring (bicyclic) bond motifs is 1. The van der Waals surface area contributed by atoms with Gasteiger partial charge in [0.25, 0.3) is 0 Å². The Kier molecular flexibility index (Phi) is 5.82. The van der Waals surface area contributed by atoms with Crippen LogP contribution in [0.25, 0.3) is 10.9 Å². The molecule has 6 nitrogen and oxygen atoms in total. The Morgan fingerprint density at radius 1 is 1.20 bits per heavy atom. The summed E-state index contributed by atoms with van der Waals surface area (Å²) >= 11 is 5.96. The van der Waals surface area contributed by atoms with Crippen LogP contribution in [-0.4, -0.2) is 17.0 Å². The number of ketones is 1. The molecule has 0 radical (unpaired) electrons. The van der Waals surface area contributed by atoms with Gasteiger partial charge in [-0.05, 0) is 41.3 Å². The summed E-state index contributed by atoms with van der Waals surface area (Å²) in [6.07, 6.45) is 3.00. The summed E-state index contributed by atoms with van der Waals surface area (Å²) in [6.45, 7) is 5.11. The Morgan fingerprint density at radius 2 is 1.94 bits per heavy atom. The molecule has 0 spiro atoms. The SMILES string of the molecule is CC1(C)CC(=O)C2=C(C1)OC(N)=C(C#N)C2c1cn(CCOc2ccc(Cl)cc2)c2ccccc12. The minimum atomic E-state index is -0.560. The molecule has 1 aliphatic heterocycles. The first kappa shape index (κ1) is 23.1. The number of nitrogens with zero attached hydrogens (tertiary/aromatic N) is 2. The van der Waals surface area contributed by atoms with Crippen molar-refractivity contribution in [1.29, 1.82) is 5.26 Å². The van der Waals surface area contributed by atoms with E-state index in [4.69, 9.17) is 26.8 Å². The Balaban J connectivity index is 1.54. The van der Waals surface area contributed by atoms with E-state index in [9.17, 15) is 10.1 Å². The lowest BCUT2D eigenvalue weighted by Gasteiger charge is -2.37. The van der Waals surface area contributed by atoms with Crippen LogP contribution in [0.3, 0.4) is 0 Å². The quantitative estimate of drug-likeness (QED) is 0.489. The molecule has 0 fully saturated rings. The molecule has 178 valence electrons. The second kappa shape index (κ2) is 8.83. The number of aromatic nitrogens is 1. The Bertz CT molecular complexity index is 1420. The third-order valence-electron chi connectivity index (χ3n) is 6.62. The van der Waals surface area contributed by atoms with Crippen LogP contribution in [0.2, 0.25) is 5.02 Å². The fourth-order valence-corrected chi connectivity index (χ4v) is 5.20. The number of hydrogen-bond donors (Lipinski definition) is 1. The van der Waals surface area contributed by atoms with Crippen LogP contribution in [0.1, 0.15) is 38.2 Å². The van der Waals surface area contributed by atoms with Crippen LogP contribution < -0.4 is 10.5 Å². The van der Waals surface area contributed by atoms with E-state index in [0.29, 0.717) is 42.3 Å². The molecule has 2 aliphatic rings. The highest BCUT2D eigenvalue weighted by atomic mass is 35.5. The van der Waals surface area contributed by atoms with Gasteiger partial charge in [0.05, 0.1) is 12.5 Å². The number of rotatable bonds is 5. The lowest BCUT2D eigenvalue weighted by Crippen LogP contribution is -2.33. The summed E-state index contributed by atoms with van der Waals surface area (Å²) in [7, 11) is 0. The van der Waals surface area contributed by atoms with E-state index in [2.05, 4.69) is 10.6 Å². The average molecular weight is 488 g/mol. The first-order valence-corrected chi connectivity index (χ1v) is 12.0. The molecule has 0 amide bonds. The van der Waals surface area contributed by atoms with E-state index in [1.165, 1.54) is 0 Å². The smallest absolute Gasteiger partial charge is 0.205 e. The topological polar surface area (TPSA) is 90.3 Å². The molecule has 3 aromatic rings. The molecule has 35 heavy (non-hydrogen) atoms. The van der Waals surface area contributed by atoms with Gasteiger partial charge in [-0.2, -0.15) is 5.26 Å². The summed E-state index contributed by atoms with van der Waals surface area (Å²) in [5.74, 6) is 0.837. The summed E-state index contributed by atoms with van der Waals surface area (Å²) in [6, 6.07) is 17.4. The van der Waals surface area contributed by atoms with Crippen molar-refractivity contribution in [3.63, 3.8) is 0 Å². The number of halogens is 1. The predicted octanol–water partition coefficient (Wildman–Crippen LogP) is 5.82. The van der Waals surface area contributed by atoms with Gasteiger partial charge in [0.1, 0.15) is 29.8 Å². The summed E-state index contributed by atoms with van der Waals surface area (Å²) < 4.78 is 13.9. The third kappa shape index (κ3) is 4.28. The lowest BCUT2D eigenvalue weighted by atomic mass is 9.70. The van der Waals surface area contributed by atoms with Gasteiger partial charge in [0, 0.05) is 40.5 Å². The highest BCUT2D eigenvalue weighted by Crippen LogP contribution is 2.49. The number of nitriles is 1. The van der Waals surface area contributed by atoms with E-state index >= 15 is 0 Å². The maximum Gasteiger partial charge on any atom is 0.205 e. The largest absolute Gasteiger partial charge is 0.492 e. The Labute approximate surface area is 209 Å². The second-order valence-corrected chi connectivity index (χ2v) is 10.2. The van der Waals surface area contributed by atoms with Crippen molar-refractivity contribution < 1.29 is 14.3 Å². The summed E-state index contributed by atoms with van der Waals surface area (Å²) in [4.78, 5) is 13.3. The molecule has 1 atom stereocenters. The molecular formula is C28H26ClN3O3. The first-order valence-electron chi connectivity index (χ1n) is 11.6. The fourth-order valence-electron chi connectivity index (χ4n) is 5.08.